The van der Waals surface area contributed by atoms with Gasteiger partial charge in [0.15, 0.2) is 0 Å². The average molecular weight is 453 g/mol. The molecule has 2 heterocycles. The molecular formula is C24H25ClN4O3. The minimum atomic E-state index is -0.237. The number of piperidine rings is 1. The second-order valence-electron chi connectivity index (χ2n) is 7.88. The van der Waals surface area contributed by atoms with Crippen LogP contribution in [0.3, 0.4) is 0 Å². The maximum atomic E-state index is 12.9. The minimum absolute atomic E-state index is 0.0292. The molecule has 0 bridgehead atoms. The van der Waals surface area contributed by atoms with Crippen LogP contribution in [-0.4, -0.2) is 35.9 Å². The lowest BCUT2D eigenvalue weighted by Crippen LogP contribution is -2.41. The summed E-state index contributed by atoms with van der Waals surface area (Å²) >= 11 is 6.24. The third-order valence-corrected chi connectivity index (χ3v) is 6.07. The lowest BCUT2D eigenvalue weighted by molar-refractivity contribution is -0.120. The van der Waals surface area contributed by atoms with Crippen LogP contribution >= 0.6 is 11.6 Å². The number of carbonyl (C=O) groups excluding carboxylic acids is 1. The molecule has 1 fully saturated rings. The van der Waals surface area contributed by atoms with E-state index in [9.17, 15) is 9.59 Å². The Bertz CT molecular complexity index is 1180. The molecule has 7 nitrogen and oxygen atoms in total. The van der Waals surface area contributed by atoms with E-state index < -0.39 is 0 Å². The Hall–Kier alpha value is -3.32. The lowest BCUT2D eigenvalue weighted by Gasteiger charge is -2.33. The van der Waals surface area contributed by atoms with Gasteiger partial charge < -0.3 is 15.0 Å². The van der Waals surface area contributed by atoms with Gasteiger partial charge in [0, 0.05) is 29.9 Å². The molecule has 0 aliphatic carbocycles. The molecule has 0 radical (unpaired) electrons. The van der Waals surface area contributed by atoms with Crippen LogP contribution in [0.5, 0.6) is 5.75 Å². The number of nitrogens with one attached hydrogen (secondary N) is 1. The summed E-state index contributed by atoms with van der Waals surface area (Å²) in [5.74, 6) is 1.19. The third-order valence-electron chi connectivity index (χ3n) is 5.66. The quantitative estimate of drug-likeness (QED) is 0.631. The van der Waals surface area contributed by atoms with E-state index in [4.69, 9.17) is 16.3 Å². The van der Waals surface area contributed by atoms with Gasteiger partial charge in [-0.3, -0.25) is 9.59 Å². The number of carbonyl (C=O) groups is 1. The van der Waals surface area contributed by atoms with Gasteiger partial charge in [0.25, 0.3) is 5.56 Å². The first kappa shape index (κ1) is 21.9. The number of hydrogen-bond acceptors (Lipinski definition) is 5. The number of amides is 1. The topological polar surface area (TPSA) is 76.5 Å². The van der Waals surface area contributed by atoms with Crippen molar-refractivity contribution in [2.75, 3.05) is 30.4 Å². The summed E-state index contributed by atoms with van der Waals surface area (Å²) in [5.41, 5.74) is 2.04. The van der Waals surface area contributed by atoms with Gasteiger partial charge in [-0.05, 0) is 67.8 Å². The molecule has 8 heteroatoms. The van der Waals surface area contributed by atoms with E-state index in [0.717, 1.165) is 36.4 Å². The van der Waals surface area contributed by atoms with E-state index in [2.05, 4.69) is 10.4 Å². The van der Waals surface area contributed by atoms with Crippen LogP contribution in [0.15, 0.2) is 59.4 Å². The molecule has 4 rings (SSSR count). The standard InChI is InChI=1S/C24H25ClN4O3/c1-16-5-8-19(14-21(16)25)29-23(30)12-11-22(27-29)28-13-3-4-17(15-28)24(31)26-18-6-9-20(32-2)10-7-18/h5-12,14,17H,3-4,13,15H2,1-2H3,(H,26,31). The second kappa shape index (κ2) is 9.44. The van der Waals surface area contributed by atoms with Crippen molar-refractivity contribution in [3.8, 4) is 11.4 Å². The van der Waals surface area contributed by atoms with Crippen LogP contribution in [0, 0.1) is 12.8 Å². The maximum absolute atomic E-state index is 12.9. The van der Waals surface area contributed by atoms with E-state index in [-0.39, 0.29) is 17.4 Å². The molecular weight excluding hydrogens is 428 g/mol. The lowest BCUT2D eigenvalue weighted by atomic mass is 9.97. The highest BCUT2D eigenvalue weighted by Crippen LogP contribution is 2.24. The van der Waals surface area contributed by atoms with Gasteiger partial charge in [0.1, 0.15) is 11.6 Å². The number of benzene rings is 2. The van der Waals surface area contributed by atoms with Crippen molar-refractivity contribution >= 4 is 29.0 Å². The monoisotopic (exact) mass is 452 g/mol. The Labute approximate surface area is 191 Å². The van der Waals surface area contributed by atoms with E-state index in [0.29, 0.717) is 23.1 Å². The van der Waals surface area contributed by atoms with Gasteiger partial charge in [-0.15, -0.1) is 5.10 Å². The number of anilines is 2. The van der Waals surface area contributed by atoms with Crippen LogP contribution in [0.25, 0.3) is 5.69 Å². The fourth-order valence-electron chi connectivity index (χ4n) is 3.79. The van der Waals surface area contributed by atoms with Crippen molar-refractivity contribution in [3.05, 3.63) is 75.5 Å². The molecule has 0 spiro atoms. The molecule has 166 valence electrons. The smallest absolute Gasteiger partial charge is 0.271 e. The van der Waals surface area contributed by atoms with Gasteiger partial charge in [0.2, 0.25) is 5.91 Å². The Morgan fingerprint density at radius 1 is 1.16 bits per heavy atom. The average Bonchev–Trinajstić information content (AvgIpc) is 2.82. The van der Waals surface area contributed by atoms with Crippen LogP contribution in [0.1, 0.15) is 18.4 Å². The molecule has 1 N–H and O–H groups in total. The number of rotatable bonds is 5. The Morgan fingerprint density at radius 2 is 1.94 bits per heavy atom. The summed E-state index contributed by atoms with van der Waals surface area (Å²) in [7, 11) is 1.61. The van der Waals surface area contributed by atoms with Crippen LogP contribution in [0.4, 0.5) is 11.5 Å². The third kappa shape index (κ3) is 4.78. The number of halogens is 1. The zero-order valence-corrected chi connectivity index (χ0v) is 18.8. The van der Waals surface area contributed by atoms with Crippen molar-refractivity contribution < 1.29 is 9.53 Å². The van der Waals surface area contributed by atoms with Crippen LogP contribution < -0.4 is 20.5 Å². The van der Waals surface area contributed by atoms with Crippen molar-refractivity contribution in [3.63, 3.8) is 0 Å². The van der Waals surface area contributed by atoms with Crippen molar-refractivity contribution in [2.45, 2.75) is 19.8 Å². The first-order chi connectivity index (χ1) is 15.4. The summed E-state index contributed by atoms with van der Waals surface area (Å²) in [5, 5.41) is 8.12. The van der Waals surface area contributed by atoms with Crippen molar-refractivity contribution in [1.82, 2.24) is 9.78 Å². The largest absolute Gasteiger partial charge is 0.497 e. The summed E-state index contributed by atoms with van der Waals surface area (Å²) in [6.07, 6.45) is 1.66. The zero-order valence-electron chi connectivity index (χ0n) is 18.0. The van der Waals surface area contributed by atoms with Gasteiger partial charge in [-0.25, -0.2) is 0 Å². The maximum Gasteiger partial charge on any atom is 0.271 e. The van der Waals surface area contributed by atoms with Crippen molar-refractivity contribution in [2.24, 2.45) is 5.92 Å². The normalized spacial score (nSPS) is 16.0. The summed E-state index contributed by atoms with van der Waals surface area (Å²) < 4.78 is 6.51. The molecule has 1 aromatic heterocycles. The number of hydrogen-bond donors (Lipinski definition) is 1. The van der Waals surface area contributed by atoms with Gasteiger partial charge in [-0.1, -0.05) is 17.7 Å². The minimum Gasteiger partial charge on any atom is -0.497 e. The number of methoxy groups -OCH3 is 1. The van der Waals surface area contributed by atoms with Crippen molar-refractivity contribution in [1.29, 1.82) is 0 Å². The van der Waals surface area contributed by atoms with E-state index >= 15 is 0 Å². The Kier molecular flexibility index (Phi) is 6.46. The molecule has 1 atom stereocenters. The molecule has 32 heavy (non-hydrogen) atoms. The SMILES string of the molecule is COc1ccc(NC(=O)C2CCCN(c3ccc(=O)n(-c4ccc(C)c(Cl)c4)n3)C2)cc1. The highest BCUT2D eigenvalue weighted by atomic mass is 35.5. The van der Waals surface area contributed by atoms with E-state index in [1.807, 2.05) is 48.2 Å². The molecule has 1 unspecified atom stereocenters. The number of aryl methyl sites for hydroxylation is 1. The first-order valence-corrected chi connectivity index (χ1v) is 10.9. The van der Waals surface area contributed by atoms with E-state index in [1.165, 1.54) is 10.7 Å². The molecule has 1 saturated heterocycles. The Morgan fingerprint density at radius 3 is 2.66 bits per heavy atom. The first-order valence-electron chi connectivity index (χ1n) is 10.5. The summed E-state index contributed by atoms with van der Waals surface area (Å²) in [4.78, 5) is 27.3. The highest BCUT2D eigenvalue weighted by Gasteiger charge is 2.27. The second-order valence-corrected chi connectivity index (χ2v) is 8.29. The number of aromatic nitrogens is 2. The predicted octanol–water partition coefficient (Wildman–Crippen LogP) is 4.06. The summed E-state index contributed by atoms with van der Waals surface area (Å²) in [6.45, 7) is 3.21. The number of nitrogens with zero attached hydrogens (tertiary/aromatic N) is 3. The molecule has 1 amide bonds. The summed E-state index contributed by atoms with van der Waals surface area (Å²) in [6, 6.07) is 15.9. The fraction of sp³-hybridized carbons (Fsp3) is 0.292. The highest BCUT2D eigenvalue weighted by molar-refractivity contribution is 6.31. The zero-order chi connectivity index (χ0) is 22.7. The Balaban J connectivity index is 1.50. The van der Waals surface area contributed by atoms with Crippen LogP contribution in [0.2, 0.25) is 5.02 Å². The molecule has 0 saturated carbocycles. The number of ether oxygens (including phenoxy) is 1. The van der Waals surface area contributed by atoms with Gasteiger partial charge in [0.05, 0.1) is 18.7 Å². The fourth-order valence-corrected chi connectivity index (χ4v) is 3.96. The predicted molar refractivity (Wildman–Crippen MR) is 126 cm³/mol. The van der Waals surface area contributed by atoms with Crippen LogP contribution in [-0.2, 0) is 4.79 Å². The molecule has 3 aromatic rings. The molecule has 2 aromatic carbocycles. The van der Waals surface area contributed by atoms with Gasteiger partial charge in [-0.2, -0.15) is 4.68 Å². The molecule has 1 aliphatic rings. The van der Waals surface area contributed by atoms with Gasteiger partial charge >= 0.3 is 0 Å². The molecule has 1 aliphatic heterocycles. The van der Waals surface area contributed by atoms with E-state index in [1.54, 1.807) is 19.2 Å².